The zero-order chi connectivity index (χ0) is 12.0. The Morgan fingerprint density at radius 3 is 2.88 bits per heavy atom. The second-order valence-corrected chi connectivity index (χ2v) is 6.04. The van der Waals surface area contributed by atoms with Crippen LogP contribution in [-0.4, -0.2) is 33.3 Å². The normalized spacial score (nSPS) is 23.6. The molecule has 5 heteroatoms. The molecule has 2 N–H and O–H groups in total. The Bertz CT molecular complexity index is 339. The van der Waals surface area contributed by atoms with Crippen LogP contribution in [0.3, 0.4) is 0 Å². The van der Waals surface area contributed by atoms with Crippen molar-refractivity contribution in [3.8, 4) is 12.3 Å². The van der Waals surface area contributed by atoms with Gasteiger partial charge in [-0.25, -0.2) is 13.1 Å². The second kappa shape index (κ2) is 6.24. The topological polar surface area (TPSA) is 58.2 Å². The van der Waals surface area contributed by atoms with Crippen LogP contribution in [-0.2, 0) is 10.0 Å². The van der Waals surface area contributed by atoms with Crippen molar-refractivity contribution in [1.82, 2.24) is 10.0 Å². The summed E-state index contributed by atoms with van der Waals surface area (Å²) in [5.41, 5.74) is 0. The molecule has 2 atom stereocenters. The largest absolute Gasteiger partial charge is 0.316 e. The molecule has 1 fully saturated rings. The van der Waals surface area contributed by atoms with Crippen molar-refractivity contribution in [3.63, 3.8) is 0 Å². The number of sulfonamides is 1. The van der Waals surface area contributed by atoms with Crippen LogP contribution in [0.15, 0.2) is 0 Å². The first-order valence-electron chi connectivity index (χ1n) is 5.74. The smallest absolute Gasteiger partial charge is 0.213 e. The fourth-order valence-electron chi connectivity index (χ4n) is 1.88. The van der Waals surface area contributed by atoms with Gasteiger partial charge in [-0.3, -0.25) is 0 Å². The molecular formula is C11H20N2O2S. The predicted molar refractivity (Wildman–Crippen MR) is 65.4 cm³/mol. The average Bonchev–Trinajstić information content (AvgIpc) is 2.26. The van der Waals surface area contributed by atoms with Gasteiger partial charge in [-0.15, -0.1) is 6.42 Å². The number of piperidine rings is 1. The molecule has 16 heavy (non-hydrogen) atoms. The molecule has 0 saturated carbocycles. The van der Waals surface area contributed by atoms with Gasteiger partial charge in [0, 0.05) is 0 Å². The summed E-state index contributed by atoms with van der Waals surface area (Å²) < 4.78 is 26.1. The van der Waals surface area contributed by atoms with Crippen LogP contribution in [0.2, 0.25) is 0 Å². The Morgan fingerprint density at radius 2 is 2.38 bits per heavy atom. The Labute approximate surface area is 98.2 Å². The van der Waals surface area contributed by atoms with Gasteiger partial charge in [-0.05, 0) is 38.3 Å². The molecule has 1 heterocycles. The van der Waals surface area contributed by atoms with Gasteiger partial charge in [0.25, 0.3) is 0 Å². The Kier molecular flexibility index (Phi) is 5.26. The molecule has 1 aliphatic rings. The molecule has 0 aromatic carbocycles. The van der Waals surface area contributed by atoms with Gasteiger partial charge >= 0.3 is 0 Å². The lowest BCUT2D eigenvalue weighted by Crippen LogP contribution is -2.40. The standard InChI is InChI=1S/C11H20N2O2S/c1-3-11(4-2)13-16(14,15)9-10-6-5-7-12-8-10/h1,10-13H,4-9H2,2H3. The van der Waals surface area contributed by atoms with Gasteiger partial charge in [0.2, 0.25) is 10.0 Å². The third-order valence-electron chi connectivity index (χ3n) is 2.79. The van der Waals surface area contributed by atoms with Gasteiger partial charge in [0.15, 0.2) is 0 Å². The minimum atomic E-state index is -3.24. The van der Waals surface area contributed by atoms with Crippen LogP contribution < -0.4 is 10.0 Å². The Hall–Kier alpha value is -0.570. The summed E-state index contributed by atoms with van der Waals surface area (Å²) in [6.45, 7) is 3.65. The predicted octanol–water partition coefficient (Wildman–Crippen LogP) is 0.317. The monoisotopic (exact) mass is 244 g/mol. The number of hydrogen-bond donors (Lipinski definition) is 2. The zero-order valence-corrected chi connectivity index (χ0v) is 10.5. The van der Waals surface area contributed by atoms with Crippen LogP contribution in [0.4, 0.5) is 0 Å². The molecule has 0 amide bonds. The van der Waals surface area contributed by atoms with Crippen LogP contribution in [0.1, 0.15) is 26.2 Å². The molecular weight excluding hydrogens is 224 g/mol. The van der Waals surface area contributed by atoms with Gasteiger partial charge in [0.1, 0.15) is 0 Å². The summed E-state index contributed by atoms with van der Waals surface area (Å²) in [5.74, 6) is 2.83. The highest BCUT2D eigenvalue weighted by molar-refractivity contribution is 7.89. The lowest BCUT2D eigenvalue weighted by molar-refractivity contribution is 0.402. The molecule has 92 valence electrons. The molecule has 2 unspecified atom stereocenters. The molecule has 1 rings (SSSR count). The third-order valence-corrected chi connectivity index (χ3v) is 4.34. The maximum atomic E-state index is 11.8. The molecule has 0 spiro atoms. The highest BCUT2D eigenvalue weighted by Crippen LogP contribution is 2.12. The second-order valence-electron chi connectivity index (χ2n) is 4.24. The van der Waals surface area contributed by atoms with E-state index in [1.807, 2.05) is 6.92 Å². The average molecular weight is 244 g/mol. The molecule has 0 aromatic heterocycles. The Morgan fingerprint density at radius 1 is 1.62 bits per heavy atom. The fraction of sp³-hybridized carbons (Fsp3) is 0.818. The maximum absolute atomic E-state index is 11.8. The van der Waals surface area contributed by atoms with Crippen molar-refractivity contribution in [1.29, 1.82) is 0 Å². The van der Waals surface area contributed by atoms with Crippen molar-refractivity contribution in [2.45, 2.75) is 32.2 Å². The van der Waals surface area contributed by atoms with Crippen LogP contribution in [0.5, 0.6) is 0 Å². The van der Waals surface area contributed by atoms with Gasteiger partial charge in [-0.2, -0.15) is 0 Å². The fourth-order valence-corrected chi connectivity index (χ4v) is 3.55. The van der Waals surface area contributed by atoms with Crippen LogP contribution in [0, 0.1) is 18.3 Å². The molecule has 1 aliphatic heterocycles. The summed E-state index contributed by atoms with van der Waals surface area (Å²) in [6, 6.07) is -0.374. The summed E-state index contributed by atoms with van der Waals surface area (Å²) in [5, 5.41) is 3.21. The van der Waals surface area contributed by atoms with Gasteiger partial charge in [-0.1, -0.05) is 12.8 Å². The minimum absolute atomic E-state index is 0.179. The highest BCUT2D eigenvalue weighted by Gasteiger charge is 2.22. The number of nitrogens with one attached hydrogen (secondary N) is 2. The molecule has 1 saturated heterocycles. The molecule has 4 nitrogen and oxygen atoms in total. The first-order chi connectivity index (χ1) is 7.57. The third kappa shape index (κ3) is 4.52. The number of hydrogen-bond acceptors (Lipinski definition) is 3. The van der Waals surface area contributed by atoms with E-state index in [-0.39, 0.29) is 17.7 Å². The van der Waals surface area contributed by atoms with Crippen molar-refractivity contribution in [2.75, 3.05) is 18.8 Å². The maximum Gasteiger partial charge on any atom is 0.213 e. The Balaban J connectivity index is 2.47. The van der Waals surface area contributed by atoms with Crippen LogP contribution >= 0.6 is 0 Å². The van der Waals surface area contributed by atoms with Crippen molar-refractivity contribution in [3.05, 3.63) is 0 Å². The summed E-state index contributed by atoms with van der Waals surface area (Å²) in [4.78, 5) is 0. The summed E-state index contributed by atoms with van der Waals surface area (Å²) in [6.07, 6.45) is 7.88. The first kappa shape index (κ1) is 13.5. The number of rotatable bonds is 5. The van der Waals surface area contributed by atoms with E-state index in [1.165, 1.54) is 0 Å². The molecule has 0 radical (unpaired) electrons. The van der Waals surface area contributed by atoms with E-state index in [4.69, 9.17) is 6.42 Å². The minimum Gasteiger partial charge on any atom is -0.316 e. The quantitative estimate of drug-likeness (QED) is 0.685. The highest BCUT2D eigenvalue weighted by atomic mass is 32.2. The van der Waals surface area contributed by atoms with Gasteiger partial charge in [0.05, 0.1) is 11.8 Å². The van der Waals surface area contributed by atoms with Gasteiger partial charge < -0.3 is 5.32 Å². The first-order valence-corrected chi connectivity index (χ1v) is 7.39. The number of terminal acetylenes is 1. The summed E-state index contributed by atoms with van der Waals surface area (Å²) in [7, 11) is -3.24. The molecule has 0 aromatic rings. The van der Waals surface area contributed by atoms with E-state index in [0.29, 0.717) is 6.42 Å². The van der Waals surface area contributed by atoms with E-state index in [9.17, 15) is 8.42 Å². The SMILES string of the molecule is C#CC(CC)NS(=O)(=O)CC1CCCNC1. The van der Waals surface area contributed by atoms with E-state index < -0.39 is 10.0 Å². The zero-order valence-electron chi connectivity index (χ0n) is 9.70. The van der Waals surface area contributed by atoms with E-state index in [0.717, 1.165) is 25.9 Å². The lowest BCUT2D eigenvalue weighted by atomic mass is 10.0. The summed E-state index contributed by atoms with van der Waals surface area (Å²) >= 11 is 0. The van der Waals surface area contributed by atoms with Crippen molar-refractivity contribution < 1.29 is 8.42 Å². The van der Waals surface area contributed by atoms with E-state index >= 15 is 0 Å². The lowest BCUT2D eigenvalue weighted by Gasteiger charge is -2.23. The molecule has 0 aliphatic carbocycles. The van der Waals surface area contributed by atoms with Crippen LogP contribution in [0.25, 0.3) is 0 Å². The van der Waals surface area contributed by atoms with Crippen molar-refractivity contribution in [2.24, 2.45) is 5.92 Å². The van der Waals surface area contributed by atoms with Crippen molar-refractivity contribution >= 4 is 10.0 Å². The van der Waals surface area contributed by atoms with E-state index in [2.05, 4.69) is 16.0 Å². The van der Waals surface area contributed by atoms with E-state index in [1.54, 1.807) is 0 Å². The molecule has 0 bridgehead atoms.